The van der Waals surface area contributed by atoms with Crippen LogP contribution in [0.15, 0.2) is 4.99 Å². The first-order valence-electron chi connectivity index (χ1n) is 9.68. The summed E-state index contributed by atoms with van der Waals surface area (Å²) in [6, 6.07) is 0. The minimum absolute atomic E-state index is 0.0235. The average molecular weight is 370 g/mol. The molecule has 8 heteroatoms. The molecule has 0 bridgehead atoms. The Morgan fingerprint density at radius 3 is 2.81 bits per heavy atom. The van der Waals surface area contributed by atoms with Gasteiger partial charge in [0.25, 0.3) is 0 Å². The van der Waals surface area contributed by atoms with Gasteiger partial charge < -0.3 is 29.7 Å². The van der Waals surface area contributed by atoms with Crippen LogP contribution in [0.2, 0.25) is 0 Å². The van der Waals surface area contributed by atoms with E-state index in [2.05, 4.69) is 15.6 Å². The van der Waals surface area contributed by atoms with Gasteiger partial charge in [-0.15, -0.1) is 0 Å². The van der Waals surface area contributed by atoms with Gasteiger partial charge in [0.15, 0.2) is 5.96 Å². The fourth-order valence-electron chi connectivity index (χ4n) is 2.81. The Hall–Kier alpha value is -1.38. The van der Waals surface area contributed by atoms with Gasteiger partial charge >= 0.3 is 0 Å². The van der Waals surface area contributed by atoms with E-state index in [-0.39, 0.29) is 24.7 Å². The van der Waals surface area contributed by atoms with Gasteiger partial charge in [0.2, 0.25) is 5.91 Å². The molecule has 26 heavy (non-hydrogen) atoms. The number of aliphatic imine (C=N–C) groups is 1. The van der Waals surface area contributed by atoms with Crippen LogP contribution in [0.1, 0.15) is 32.1 Å². The molecular formula is C18H34N4O4. The predicted octanol–water partition coefficient (Wildman–Crippen LogP) is 0.375. The normalized spacial score (nSPS) is 23.7. The fourth-order valence-corrected chi connectivity index (χ4v) is 2.81. The van der Waals surface area contributed by atoms with Crippen molar-refractivity contribution >= 4 is 11.9 Å². The number of carbonyl (C=O) groups excluding carboxylic acids is 1. The van der Waals surface area contributed by atoms with E-state index < -0.39 is 0 Å². The zero-order chi connectivity index (χ0) is 18.6. The molecule has 0 aromatic heterocycles. The number of nitrogens with one attached hydrogen (secondary N) is 2. The zero-order valence-electron chi connectivity index (χ0n) is 16.2. The molecule has 0 spiro atoms. The molecule has 2 aliphatic rings. The van der Waals surface area contributed by atoms with Gasteiger partial charge in [-0.05, 0) is 32.1 Å². The van der Waals surface area contributed by atoms with Crippen LogP contribution in [0.25, 0.3) is 0 Å². The monoisotopic (exact) mass is 370 g/mol. The number of rotatable bonds is 9. The topological polar surface area (TPSA) is 84.4 Å². The Morgan fingerprint density at radius 1 is 1.23 bits per heavy atom. The van der Waals surface area contributed by atoms with Gasteiger partial charge in [-0.3, -0.25) is 4.79 Å². The lowest BCUT2D eigenvalue weighted by Gasteiger charge is -2.24. The largest absolute Gasteiger partial charge is 0.379 e. The SMILES string of the molecule is CN(C)C(=O)CN=C(NCCCOC1CCOC1)NCC1CCCCO1. The van der Waals surface area contributed by atoms with Crippen molar-refractivity contribution in [2.45, 2.75) is 44.3 Å². The summed E-state index contributed by atoms with van der Waals surface area (Å²) in [5.41, 5.74) is 0. The summed E-state index contributed by atoms with van der Waals surface area (Å²) in [5.74, 6) is 0.628. The summed E-state index contributed by atoms with van der Waals surface area (Å²) in [7, 11) is 3.47. The maximum Gasteiger partial charge on any atom is 0.243 e. The van der Waals surface area contributed by atoms with E-state index in [0.717, 1.165) is 45.4 Å². The number of hydrogen-bond donors (Lipinski definition) is 2. The first kappa shape index (κ1) is 20.9. The molecule has 8 nitrogen and oxygen atoms in total. The van der Waals surface area contributed by atoms with Crippen LogP contribution in [0.3, 0.4) is 0 Å². The highest BCUT2D eigenvalue weighted by Crippen LogP contribution is 2.11. The van der Waals surface area contributed by atoms with Crippen LogP contribution in [0.4, 0.5) is 0 Å². The number of hydrogen-bond acceptors (Lipinski definition) is 5. The van der Waals surface area contributed by atoms with Gasteiger partial charge in [0, 0.05) is 47.0 Å². The third kappa shape index (κ3) is 8.33. The molecule has 150 valence electrons. The Morgan fingerprint density at radius 2 is 2.12 bits per heavy atom. The van der Waals surface area contributed by atoms with Crippen molar-refractivity contribution in [3.8, 4) is 0 Å². The minimum atomic E-state index is -0.0235. The number of amides is 1. The molecular weight excluding hydrogens is 336 g/mol. The highest BCUT2D eigenvalue weighted by atomic mass is 16.5. The minimum Gasteiger partial charge on any atom is -0.379 e. The van der Waals surface area contributed by atoms with Crippen molar-refractivity contribution < 1.29 is 19.0 Å². The number of ether oxygens (including phenoxy) is 3. The highest BCUT2D eigenvalue weighted by Gasteiger charge is 2.16. The lowest BCUT2D eigenvalue weighted by atomic mass is 10.1. The molecule has 2 N–H and O–H groups in total. The molecule has 0 saturated carbocycles. The summed E-state index contributed by atoms with van der Waals surface area (Å²) in [4.78, 5) is 17.7. The number of carbonyl (C=O) groups is 1. The molecule has 2 fully saturated rings. The fraction of sp³-hybridized carbons (Fsp3) is 0.889. The second-order valence-corrected chi connectivity index (χ2v) is 6.96. The lowest BCUT2D eigenvalue weighted by Crippen LogP contribution is -2.43. The van der Waals surface area contributed by atoms with Crippen LogP contribution in [-0.4, -0.2) is 89.1 Å². The Labute approximate surface area is 156 Å². The van der Waals surface area contributed by atoms with Gasteiger partial charge in [0.05, 0.1) is 18.8 Å². The number of likely N-dealkylation sites (N-methyl/N-ethyl adjacent to an activating group) is 1. The number of nitrogens with zero attached hydrogens (tertiary/aromatic N) is 2. The summed E-state index contributed by atoms with van der Waals surface area (Å²) >= 11 is 0. The summed E-state index contributed by atoms with van der Waals surface area (Å²) < 4.78 is 16.8. The second-order valence-electron chi connectivity index (χ2n) is 6.96. The van der Waals surface area contributed by atoms with Crippen LogP contribution in [0.5, 0.6) is 0 Å². The smallest absolute Gasteiger partial charge is 0.243 e. The first-order valence-corrected chi connectivity index (χ1v) is 9.68. The molecule has 2 unspecified atom stereocenters. The quantitative estimate of drug-likeness (QED) is 0.347. The Balaban J connectivity index is 1.69. The second kappa shape index (κ2) is 12.1. The molecule has 2 rings (SSSR count). The molecule has 1 amide bonds. The summed E-state index contributed by atoms with van der Waals surface area (Å²) in [5, 5.41) is 6.58. The predicted molar refractivity (Wildman–Crippen MR) is 100 cm³/mol. The van der Waals surface area contributed by atoms with E-state index in [4.69, 9.17) is 14.2 Å². The molecule has 2 atom stereocenters. The van der Waals surface area contributed by atoms with Crippen molar-refractivity contribution in [1.82, 2.24) is 15.5 Å². The van der Waals surface area contributed by atoms with E-state index in [1.54, 1.807) is 19.0 Å². The third-order valence-electron chi connectivity index (χ3n) is 4.50. The van der Waals surface area contributed by atoms with Crippen molar-refractivity contribution in [3.63, 3.8) is 0 Å². The first-order chi connectivity index (χ1) is 12.6. The van der Waals surface area contributed by atoms with E-state index in [0.29, 0.717) is 25.7 Å². The maximum atomic E-state index is 11.8. The van der Waals surface area contributed by atoms with E-state index >= 15 is 0 Å². The number of guanidine groups is 1. The maximum absolute atomic E-state index is 11.8. The van der Waals surface area contributed by atoms with Crippen LogP contribution < -0.4 is 10.6 Å². The van der Waals surface area contributed by atoms with Gasteiger partial charge in [0.1, 0.15) is 6.54 Å². The molecule has 0 radical (unpaired) electrons. The van der Waals surface area contributed by atoms with E-state index in [9.17, 15) is 4.79 Å². The van der Waals surface area contributed by atoms with Gasteiger partial charge in [-0.1, -0.05) is 0 Å². The third-order valence-corrected chi connectivity index (χ3v) is 4.50. The van der Waals surface area contributed by atoms with Crippen LogP contribution >= 0.6 is 0 Å². The Bertz CT molecular complexity index is 433. The van der Waals surface area contributed by atoms with Crippen molar-refractivity contribution in [2.75, 3.05) is 60.2 Å². The molecule has 2 heterocycles. The lowest BCUT2D eigenvalue weighted by molar-refractivity contribution is -0.127. The molecule has 2 saturated heterocycles. The van der Waals surface area contributed by atoms with Crippen molar-refractivity contribution in [3.05, 3.63) is 0 Å². The van der Waals surface area contributed by atoms with Crippen LogP contribution in [0, 0.1) is 0 Å². The van der Waals surface area contributed by atoms with Crippen molar-refractivity contribution in [1.29, 1.82) is 0 Å². The average Bonchev–Trinajstić information content (AvgIpc) is 3.17. The van der Waals surface area contributed by atoms with E-state index in [1.807, 2.05) is 0 Å². The standard InChI is InChI=1S/C18H34N4O4/c1-22(2)17(23)13-21-18(20-12-15-6-3-4-9-25-15)19-8-5-10-26-16-7-11-24-14-16/h15-16H,3-14H2,1-2H3,(H2,19,20,21). The van der Waals surface area contributed by atoms with Gasteiger partial charge in [-0.25, -0.2) is 4.99 Å². The molecule has 0 aromatic rings. The summed E-state index contributed by atoms with van der Waals surface area (Å²) in [6.07, 6.45) is 5.71. The molecule has 0 aromatic carbocycles. The highest BCUT2D eigenvalue weighted by molar-refractivity contribution is 5.84. The van der Waals surface area contributed by atoms with Crippen LogP contribution in [-0.2, 0) is 19.0 Å². The molecule has 0 aliphatic carbocycles. The van der Waals surface area contributed by atoms with E-state index in [1.165, 1.54) is 6.42 Å². The molecule has 2 aliphatic heterocycles. The van der Waals surface area contributed by atoms with Crippen molar-refractivity contribution in [2.24, 2.45) is 4.99 Å². The zero-order valence-corrected chi connectivity index (χ0v) is 16.2. The Kier molecular flexibility index (Phi) is 9.73. The summed E-state index contributed by atoms with van der Waals surface area (Å²) in [6.45, 7) is 4.59. The van der Waals surface area contributed by atoms with Gasteiger partial charge in [-0.2, -0.15) is 0 Å².